The summed E-state index contributed by atoms with van der Waals surface area (Å²) in [5, 5.41) is 41.3. The zero-order valence-electron chi connectivity index (χ0n) is 8.52. The molecule has 1 aliphatic rings. The van der Waals surface area contributed by atoms with Crippen LogP contribution in [0.25, 0.3) is 0 Å². The summed E-state index contributed by atoms with van der Waals surface area (Å²) in [5.74, 6) is -1.09. The second-order valence-corrected chi connectivity index (χ2v) is 3.59. The second kappa shape index (κ2) is 3.81. The van der Waals surface area contributed by atoms with E-state index in [1.165, 1.54) is 0 Å². The molecule has 0 aliphatic heterocycles. The molecule has 0 aromatic heterocycles. The van der Waals surface area contributed by atoms with Gasteiger partial charge in [-0.05, 0) is 0 Å². The van der Waals surface area contributed by atoms with E-state index >= 15 is 0 Å². The Labute approximate surface area is 93.3 Å². The topological polar surface area (TPSA) is 150 Å². The van der Waals surface area contributed by atoms with Crippen LogP contribution in [0.4, 0.5) is 0 Å². The van der Waals surface area contributed by atoms with Gasteiger partial charge in [-0.15, -0.1) is 0 Å². The quantitative estimate of drug-likeness (QED) is 0.565. The van der Waals surface area contributed by atoms with Gasteiger partial charge in [-0.25, -0.2) is 0 Å². The molecule has 0 spiro atoms. The predicted octanol–water partition coefficient (Wildman–Crippen LogP) is 0.632. The number of rotatable bonds is 3. The number of aliphatic hydroxyl groups excluding tert-OH is 1. The molecule has 0 aromatic carbocycles. The van der Waals surface area contributed by atoms with Crippen molar-refractivity contribution in [2.75, 3.05) is 0 Å². The lowest BCUT2D eigenvalue weighted by atomic mass is 9.88. The first-order valence-corrected chi connectivity index (χ1v) is 4.27. The first-order chi connectivity index (χ1) is 7.70. The van der Waals surface area contributed by atoms with E-state index in [-0.39, 0.29) is 0 Å². The van der Waals surface area contributed by atoms with Crippen LogP contribution in [0.1, 0.15) is 13.3 Å². The summed E-state index contributed by atoms with van der Waals surface area (Å²) in [6.45, 7) is 0.891. The Morgan fingerprint density at radius 3 is 2.12 bits per heavy atom. The van der Waals surface area contributed by atoms with Crippen molar-refractivity contribution in [1.82, 2.24) is 0 Å². The molecular weight excluding hydrogens is 238 g/mol. The van der Waals surface area contributed by atoms with Crippen LogP contribution in [0.5, 0.6) is 0 Å². The molecule has 1 aliphatic carbocycles. The molecule has 17 heavy (non-hydrogen) atoms. The van der Waals surface area contributed by atoms with E-state index in [9.17, 15) is 35.4 Å². The van der Waals surface area contributed by atoms with Gasteiger partial charge in [0.25, 0.3) is 11.2 Å². The van der Waals surface area contributed by atoms with Crippen molar-refractivity contribution in [3.8, 4) is 0 Å². The summed E-state index contributed by atoms with van der Waals surface area (Å²) in [6.07, 6.45) is -0.184. The van der Waals surface area contributed by atoms with Crippen LogP contribution in [0.3, 0.4) is 0 Å². The molecule has 1 N–H and O–H groups in total. The van der Waals surface area contributed by atoms with Crippen LogP contribution in [-0.4, -0.2) is 25.4 Å². The second-order valence-electron chi connectivity index (χ2n) is 3.59. The molecule has 10 nitrogen and oxygen atoms in total. The van der Waals surface area contributed by atoms with Crippen molar-refractivity contribution in [2.24, 2.45) is 0 Å². The molecule has 10 heteroatoms. The maximum Gasteiger partial charge on any atom is 0.320 e. The minimum Gasteiger partial charge on any atom is -0.501 e. The van der Waals surface area contributed by atoms with E-state index < -0.39 is 43.9 Å². The summed E-state index contributed by atoms with van der Waals surface area (Å²) in [6, 6.07) is 0. The van der Waals surface area contributed by atoms with Gasteiger partial charge in [-0.1, -0.05) is 0 Å². The molecule has 1 rings (SSSR count). The number of hydrogen-bond donors (Lipinski definition) is 1. The first-order valence-electron chi connectivity index (χ1n) is 4.27. The van der Waals surface area contributed by atoms with Crippen LogP contribution in [-0.2, 0) is 0 Å². The maximum atomic E-state index is 10.8. The van der Waals surface area contributed by atoms with Gasteiger partial charge in [0, 0.05) is 11.8 Å². The molecule has 1 unspecified atom stereocenters. The number of nitrogens with zero attached hydrogens (tertiary/aromatic N) is 3. The Balaban J connectivity index is 3.45. The smallest absolute Gasteiger partial charge is 0.320 e. The van der Waals surface area contributed by atoms with E-state index in [0.29, 0.717) is 6.08 Å². The average Bonchev–Trinajstić information content (AvgIpc) is 2.20. The van der Waals surface area contributed by atoms with Gasteiger partial charge in [0.15, 0.2) is 0 Å². The van der Waals surface area contributed by atoms with Crippen LogP contribution >= 0.6 is 0 Å². The Bertz CT molecular complexity index is 480. The molecule has 0 heterocycles. The van der Waals surface area contributed by atoms with Crippen molar-refractivity contribution in [1.29, 1.82) is 0 Å². The van der Waals surface area contributed by atoms with Crippen LogP contribution in [0.2, 0.25) is 0 Å². The molecule has 92 valence electrons. The van der Waals surface area contributed by atoms with E-state index in [0.717, 1.165) is 6.92 Å². The molecular formula is C7H7N3O7. The fraction of sp³-hybridized carbons (Fsp3) is 0.429. The number of aliphatic hydroxyl groups is 1. The van der Waals surface area contributed by atoms with Crippen molar-refractivity contribution < 1.29 is 19.9 Å². The highest BCUT2D eigenvalue weighted by Crippen LogP contribution is 2.34. The van der Waals surface area contributed by atoms with E-state index in [2.05, 4.69) is 0 Å². The summed E-state index contributed by atoms with van der Waals surface area (Å²) in [4.78, 5) is 28.8. The van der Waals surface area contributed by atoms with Crippen molar-refractivity contribution in [3.05, 3.63) is 53.6 Å². The molecule has 0 fully saturated rings. The first kappa shape index (κ1) is 12.5. The maximum absolute atomic E-state index is 10.8. The van der Waals surface area contributed by atoms with E-state index in [1.807, 2.05) is 0 Å². The Morgan fingerprint density at radius 2 is 1.76 bits per heavy atom. The summed E-state index contributed by atoms with van der Waals surface area (Å²) >= 11 is 0. The van der Waals surface area contributed by atoms with Crippen LogP contribution < -0.4 is 0 Å². The van der Waals surface area contributed by atoms with Crippen LogP contribution in [0, 0.1) is 30.3 Å². The monoisotopic (exact) mass is 245 g/mol. The van der Waals surface area contributed by atoms with Crippen LogP contribution in [0.15, 0.2) is 23.2 Å². The third-order valence-electron chi connectivity index (χ3n) is 2.42. The minimum absolute atomic E-state index is 0.528. The number of allylic oxidation sites excluding steroid dienone is 1. The highest BCUT2D eigenvalue weighted by molar-refractivity contribution is 5.29. The fourth-order valence-corrected chi connectivity index (χ4v) is 1.40. The lowest BCUT2D eigenvalue weighted by Crippen LogP contribution is -2.41. The van der Waals surface area contributed by atoms with Gasteiger partial charge in [0.2, 0.25) is 5.76 Å². The summed E-state index contributed by atoms with van der Waals surface area (Å²) in [5.41, 5.74) is -3.96. The van der Waals surface area contributed by atoms with Gasteiger partial charge < -0.3 is 5.11 Å². The SMILES string of the molecule is CC1([N+](=O)[O-])CC([N+](=O)[O-])=CC([N+](=O)[O-])=C1O. The zero-order valence-corrected chi connectivity index (χ0v) is 8.52. The molecule has 0 bridgehead atoms. The molecule has 0 saturated carbocycles. The normalized spacial score (nSPS) is 24.2. The average molecular weight is 245 g/mol. The van der Waals surface area contributed by atoms with E-state index in [4.69, 9.17) is 0 Å². The third kappa shape index (κ3) is 1.91. The van der Waals surface area contributed by atoms with Gasteiger partial charge in [-0.3, -0.25) is 30.3 Å². The highest BCUT2D eigenvalue weighted by Gasteiger charge is 2.53. The van der Waals surface area contributed by atoms with Gasteiger partial charge in [0.1, 0.15) is 6.42 Å². The van der Waals surface area contributed by atoms with Crippen molar-refractivity contribution in [2.45, 2.75) is 18.9 Å². The van der Waals surface area contributed by atoms with Crippen molar-refractivity contribution >= 4 is 0 Å². The fourth-order valence-electron chi connectivity index (χ4n) is 1.40. The Morgan fingerprint density at radius 1 is 1.24 bits per heavy atom. The lowest BCUT2D eigenvalue weighted by molar-refractivity contribution is -0.568. The van der Waals surface area contributed by atoms with Crippen molar-refractivity contribution in [3.63, 3.8) is 0 Å². The summed E-state index contributed by atoms with van der Waals surface area (Å²) < 4.78 is 0. The van der Waals surface area contributed by atoms with E-state index in [1.54, 1.807) is 0 Å². The van der Waals surface area contributed by atoms with Gasteiger partial charge in [0.05, 0.1) is 15.9 Å². The molecule has 0 saturated heterocycles. The predicted molar refractivity (Wildman–Crippen MR) is 51.7 cm³/mol. The molecule has 0 amide bonds. The minimum atomic E-state index is -2.25. The lowest BCUT2D eigenvalue weighted by Gasteiger charge is -2.20. The van der Waals surface area contributed by atoms with Gasteiger partial charge >= 0.3 is 5.70 Å². The Kier molecular flexibility index (Phi) is 2.81. The third-order valence-corrected chi connectivity index (χ3v) is 2.42. The zero-order chi connectivity index (χ0) is 13.4. The Hall–Kier alpha value is -2.52. The number of nitro groups is 3. The molecule has 1 atom stereocenters. The number of hydrogen-bond acceptors (Lipinski definition) is 7. The summed E-state index contributed by atoms with van der Waals surface area (Å²) in [7, 11) is 0. The standard InChI is InChI=1S/C7H7N3O7/c1-7(10(16)17)3-4(8(12)13)2-5(6(7)11)9(14)15/h2,11H,3H2,1H3. The van der Waals surface area contributed by atoms with Gasteiger partial charge in [-0.2, -0.15) is 0 Å². The molecule has 0 aromatic rings. The molecule has 0 radical (unpaired) electrons. The highest BCUT2D eigenvalue weighted by atomic mass is 16.6. The largest absolute Gasteiger partial charge is 0.501 e.